The van der Waals surface area contributed by atoms with Crippen molar-refractivity contribution in [3.63, 3.8) is 0 Å². The normalized spacial score (nSPS) is 19.6. The molecule has 0 aliphatic carbocycles. The molecule has 0 radical (unpaired) electrons. The number of aliphatic hydroxyl groups is 1. The minimum atomic E-state index is -3.57. The standard InChI is InChI=1S/C12H17FN2O3S/c13-11-3-5-12(6-4-11)15-9-1-7-14(8-2-10-16)19(15,17)18/h3-6,16H,1-2,7-10H2. The molecule has 0 unspecified atom stereocenters. The van der Waals surface area contributed by atoms with Crippen molar-refractivity contribution in [2.45, 2.75) is 12.8 Å². The number of hydrogen-bond acceptors (Lipinski definition) is 3. The van der Waals surface area contributed by atoms with E-state index in [4.69, 9.17) is 5.11 Å². The monoisotopic (exact) mass is 288 g/mol. The Morgan fingerprint density at radius 2 is 1.89 bits per heavy atom. The number of nitrogens with zero attached hydrogens (tertiary/aromatic N) is 2. The Morgan fingerprint density at radius 3 is 2.53 bits per heavy atom. The van der Waals surface area contributed by atoms with Crippen molar-refractivity contribution in [2.24, 2.45) is 0 Å². The number of hydrogen-bond donors (Lipinski definition) is 1. The van der Waals surface area contributed by atoms with Gasteiger partial charge >= 0.3 is 10.2 Å². The van der Waals surface area contributed by atoms with Crippen LogP contribution < -0.4 is 4.31 Å². The van der Waals surface area contributed by atoms with Crippen LogP contribution in [0.2, 0.25) is 0 Å². The number of halogens is 1. The largest absolute Gasteiger partial charge is 0.396 e. The number of anilines is 1. The van der Waals surface area contributed by atoms with Gasteiger partial charge in [-0.1, -0.05) is 0 Å². The van der Waals surface area contributed by atoms with E-state index in [9.17, 15) is 12.8 Å². The fourth-order valence-electron chi connectivity index (χ4n) is 2.10. The highest BCUT2D eigenvalue weighted by Crippen LogP contribution is 2.24. The van der Waals surface area contributed by atoms with Crippen LogP contribution in [0.25, 0.3) is 0 Å². The summed E-state index contributed by atoms with van der Waals surface area (Å²) in [5.74, 6) is -0.393. The van der Waals surface area contributed by atoms with Gasteiger partial charge in [-0.3, -0.25) is 4.31 Å². The summed E-state index contributed by atoms with van der Waals surface area (Å²) in [6, 6.07) is 5.42. The maximum absolute atomic E-state index is 12.9. The average Bonchev–Trinajstić information content (AvgIpc) is 2.38. The summed E-state index contributed by atoms with van der Waals surface area (Å²) < 4.78 is 40.3. The molecule has 0 aromatic heterocycles. The molecule has 7 heteroatoms. The summed E-state index contributed by atoms with van der Waals surface area (Å²) in [6.45, 7) is 1.11. The Hall–Kier alpha value is -1.18. The highest BCUT2D eigenvalue weighted by molar-refractivity contribution is 7.90. The molecule has 106 valence electrons. The Bertz CT molecular complexity index is 518. The van der Waals surface area contributed by atoms with Crippen molar-refractivity contribution < 1.29 is 17.9 Å². The second-order valence-electron chi connectivity index (χ2n) is 4.39. The molecule has 1 saturated heterocycles. The molecule has 5 nitrogen and oxygen atoms in total. The molecule has 1 aliphatic heterocycles. The molecule has 0 spiro atoms. The molecule has 1 aliphatic rings. The summed E-state index contributed by atoms with van der Waals surface area (Å²) in [5, 5.41) is 8.80. The molecule has 0 saturated carbocycles. The van der Waals surface area contributed by atoms with E-state index in [1.807, 2.05) is 0 Å². The van der Waals surface area contributed by atoms with Crippen LogP contribution in [0, 0.1) is 5.82 Å². The fraction of sp³-hybridized carbons (Fsp3) is 0.500. The molecule has 1 aromatic rings. The zero-order valence-corrected chi connectivity index (χ0v) is 11.3. The second kappa shape index (κ2) is 5.85. The van der Waals surface area contributed by atoms with Crippen LogP contribution in [-0.4, -0.2) is 44.1 Å². The van der Waals surface area contributed by atoms with Crippen LogP contribution in [0.15, 0.2) is 24.3 Å². The molecule has 0 bridgehead atoms. The SMILES string of the molecule is O=S1(=O)N(CCCO)CCCN1c1ccc(F)cc1. The van der Waals surface area contributed by atoms with E-state index < -0.39 is 16.0 Å². The smallest absolute Gasteiger partial charge is 0.304 e. The molecule has 0 amide bonds. The quantitative estimate of drug-likeness (QED) is 0.898. The second-order valence-corrected chi connectivity index (χ2v) is 6.24. The van der Waals surface area contributed by atoms with E-state index in [0.717, 1.165) is 0 Å². The summed E-state index contributed by atoms with van der Waals surface area (Å²) >= 11 is 0. The topological polar surface area (TPSA) is 60.9 Å². The first-order valence-electron chi connectivity index (χ1n) is 6.20. The minimum absolute atomic E-state index is 0.0391. The maximum atomic E-state index is 12.9. The van der Waals surface area contributed by atoms with E-state index in [1.54, 1.807) is 0 Å². The zero-order valence-electron chi connectivity index (χ0n) is 10.5. The van der Waals surface area contributed by atoms with Crippen LogP contribution in [0.3, 0.4) is 0 Å². The van der Waals surface area contributed by atoms with Crippen molar-refractivity contribution in [1.29, 1.82) is 0 Å². The van der Waals surface area contributed by atoms with E-state index in [2.05, 4.69) is 0 Å². The van der Waals surface area contributed by atoms with E-state index >= 15 is 0 Å². The average molecular weight is 288 g/mol. The summed E-state index contributed by atoms with van der Waals surface area (Å²) in [5.41, 5.74) is 0.468. The Morgan fingerprint density at radius 1 is 1.21 bits per heavy atom. The van der Waals surface area contributed by atoms with Crippen LogP contribution in [-0.2, 0) is 10.2 Å². The van der Waals surface area contributed by atoms with E-state index in [0.29, 0.717) is 38.2 Å². The Balaban J connectivity index is 2.23. The first kappa shape index (κ1) is 14.2. The number of aliphatic hydroxyl groups excluding tert-OH is 1. The summed E-state index contributed by atoms with van der Waals surface area (Å²) in [4.78, 5) is 0. The van der Waals surface area contributed by atoms with E-state index in [1.165, 1.54) is 32.9 Å². The van der Waals surface area contributed by atoms with Crippen molar-refractivity contribution in [3.8, 4) is 0 Å². The van der Waals surface area contributed by atoms with Crippen molar-refractivity contribution in [1.82, 2.24) is 4.31 Å². The van der Waals surface area contributed by atoms with Crippen molar-refractivity contribution >= 4 is 15.9 Å². The number of benzene rings is 1. The van der Waals surface area contributed by atoms with Crippen molar-refractivity contribution in [3.05, 3.63) is 30.1 Å². The van der Waals surface area contributed by atoms with E-state index in [-0.39, 0.29) is 6.61 Å². The van der Waals surface area contributed by atoms with Crippen LogP contribution >= 0.6 is 0 Å². The van der Waals surface area contributed by atoms with Gasteiger partial charge in [0.2, 0.25) is 0 Å². The summed E-state index contributed by atoms with van der Waals surface area (Å²) in [7, 11) is -3.57. The lowest BCUT2D eigenvalue weighted by atomic mass is 10.3. The zero-order chi connectivity index (χ0) is 13.9. The van der Waals surface area contributed by atoms with Gasteiger partial charge in [0, 0.05) is 26.2 Å². The molecular formula is C12H17FN2O3S. The highest BCUT2D eigenvalue weighted by Gasteiger charge is 2.33. The number of rotatable bonds is 4. The first-order chi connectivity index (χ1) is 9.05. The van der Waals surface area contributed by atoms with Crippen LogP contribution in [0.5, 0.6) is 0 Å². The molecule has 19 heavy (non-hydrogen) atoms. The van der Waals surface area contributed by atoms with Crippen molar-refractivity contribution in [2.75, 3.05) is 30.5 Å². The summed E-state index contributed by atoms with van der Waals surface area (Å²) in [6.07, 6.45) is 1.12. The third kappa shape index (κ3) is 3.05. The van der Waals surface area contributed by atoms with Gasteiger partial charge < -0.3 is 5.11 Å². The van der Waals surface area contributed by atoms with Gasteiger partial charge in [-0.25, -0.2) is 4.39 Å². The fourth-order valence-corrected chi connectivity index (χ4v) is 3.85. The van der Waals surface area contributed by atoms with Gasteiger partial charge in [-0.2, -0.15) is 12.7 Å². The van der Waals surface area contributed by atoms with Gasteiger partial charge in [0.25, 0.3) is 0 Å². The van der Waals surface area contributed by atoms with Gasteiger partial charge in [0.05, 0.1) is 5.69 Å². The lowest BCUT2D eigenvalue weighted by molar-refractivity contribution is 0.266. The van der Waals surface area contributed by atoms with Gasteiger partial charge in [0.15, 0.2) is 0 Å². The molecule has 1 aromatic carbocycles. The van der Waals surface area contributed by atoms with Gasteiger partial charge in [0.1, 0.15) is 5.82 Å². The molecular weight excluding hydrogens is 271 g/mol. The van der Waals surface area contributed by atoms with Gasteiger partial charge in [-0.15, -0.1) is 0 Å². The highest BCUT2D eigenvalue weighted by atomic mass is 32.2. The Kier molecular flexibility index (Phi) is 4.38. The van der Waals surface area contributed by atoms with Gasteiger partial charge in [-0.05, 0) is 37.1 Å². The molecule has 1 N–H and O–H groups in total. The molecule has 1 heterocycles. The molecule has 1 fully saturated rings. The first-order valence-corrected chi connectivity index (χ1v) is 7.59. The lowest BCUT2D eigenvalue weighted by Gasteiger charge is -2.35. The lowest BCUT2D eigenvalue weighted by Crippen LogP contribution is -2.50. The van der Waals surface area contributed by atoms with Crippen LogP contribution in [0.1, 0.15) is 12.8 Å². The minimum Gasteiger partial charge on any atom is -0.396 e. The third-order valence-corrected chi connectivity index (χ3v) is 5.02. The Labute approximate surface area is 112 Å². The molecule has 0 atom stereocenters. The molecule has 2 rings (SSSR count). The predicted octanol–water partition coefficient (Wildman–Crippen LogP) is 0.965. The van der Waals surface area contributed by atoms with Crippen LogP contribution in [0.4, 0.5) is 10.1 Å². The predicted molar refractivity (Wildman–Crippen MR) is 70.6 cm³/mol. The third-order valence-electron chi connectivity index (χ3n) is 3.05. The maximum Gasteiger partial charge on any atom is 0.304 e.